The normalized spacial score (nSPS) is 16.5. The number of nitrogens with zero attached hydrogens (tertiary/aromatic N) is 2. The number of hydrogen-bond acceptors (Lipinski definition) is 4. The minimum Gasteiger partial charge on any atom is -0.491 e. The molecule has 31 heavy (non-hydrogen) atoms. The molecule has 0 radical (unpaired) electrons. The highest BCUT2D eigenvalue weighted by molar-refractivity contribution is 5.83. The topological polar surface area (TPSA) is 67.8 Å². The molecule has 0 saturated carbocycles. The van der Waals surface area contributed by atoms with Crippen LogP contribution in [0.4, 0.5) is 0 Å². The smallest absolute Gasteiger partial charge is 0.191 e. The van der Waals surface area contributed by atoms with Crippen LogP contribution in [-0.4, -0.2) is 37.3 Å². The molecule has 2 N–H and O–H groups in total. The maximum Gasteiger partial charge on any atom is 0.191 e. The molecular formula is C25H30N4O2. The molecule has 6 heteroatoms. The van der Waals surface area contributed by atoms with E-state index in [1.807, 2.05) is 30.5 Å². The zero-order chi connectivity index (χ0) is 21.5. The number of benzene rings is 2. The Morgan fingerprint density at radius 2 is 1.97 bits per heavy atom. The minimum atomic E-state index is 0.200. The second kappa shape index (κ2) is 10.3. The average molecular weight is 419 g/mol. The van der Waals surface area contributed by atoms with Crippen molar-refractivity contribution in [3.63, 3.8) is 0 Å². The summed E-state index contributed by atoms with van der Waals surface area (Å²) in [7, 11) is 1.78. The third kappa shape index (κ3) is 5.52. The maximum absolute atomic E-state index is 6.11. The Balaban J connectivity index is 1.37. The fourth-order valence-corrected chi connectivity index (χ4v) is 3.79. The van der Waals surface area contributed by atoms with Gasteiger partial charge in [0.25, 0.3) is 0 Å². The van der Waals surface area contributed by atoms with Gasteiger partial charge < -0.3 is 20.1 Å². The molecule has 6 nitrogen and oxygen atoms in total. The first-order valence-electron chi connectivity index (χ1n) is 10.8. The molecule has 0 bridgehead atoms. The molecule has 2 aromatic carbocycles. The van der Waals surface area contributed by atoms with E-state index in [0.717, 1.165) is 47.6 Å². The van der Waals surface area contributed by atoms with Gasteiger partial charge in [-0.2, -0.15) is 0 Å². The first-order valence-corrected chi connectivity index (χ1v) is 10.8. The molecule has 4 rings (SSSR count). The number of guanidine groups is 1. The van der Waals surface area contributed by atoms with Crippen molar-refractivity contribution in [3.8, 4) is 5.75 Å². The molecule has 1 fully saturated rings. The second-order valence-electron chi connectivity index (χ2n) is 7.82. The Morgan fingerprint density at radius 1 is 1.13 bits per heavy atom. The number of fused-ring (bicyclic) bond motifs is 1. The maximum atomic E-state index is 6.11. The van der Waals surface area contributed by atoms with Crippen molar-refractivity contribution in [2.45, 2.75) is 39.0 Å². The molecule has 3 aromatic rings. The van der Waals surface area contributed by atoms with Crippen molar-refractivity contribution in [1.82, 2.24) is 15.6 Å². The number of aryl methyl sites for hydroxylation is 1. The molecule has 2 heterocycles. The van der Waals surface area contributed by atoms with E-state index in [1.54, 1.807) is 7.05 Å². The molecule has 0 amide bonds. The van der Waals surface area contributed by atoms with Gasteiger partial charge in [-0.05, 0) is 49.1 Å². The van der Waals surface area contributed by atoms with Gasteiger partial charge in [-0.1, -0.05) is 30.3 Å². The monoisotopic (exact) mass is 418 g/mol. The molecule has 1 aliphatic rings. The Morgan fingerprint density at radius 3 is 2.77 bits per heavy atom. The zero-order valence-electron chi connectivity index (χ0n) is 18.2. The molecule has 1 aliphatic heterocycles. The minimum absolute atomic E-state index is 0.200. The van der Waals surface area contributed by atoms with Crippen LogP contribution in [0.15, 0.2) is 59.7 Å². The van der Waals surface area contributed by atoms with Gasteiger partial charge in [-0.25, -0.2) is 0 Å². The lowest BCUT2D eigenvalue weighted by atomic mass is 10.1. The number of ether oxygens (including phenoxy) is 2. The second-order valence-corrected chi connectivity index (χ2v) is 7.82. The van der Waals surface area contributed by atoms with E-state index < -0.39 is 0 Å². The fourth-order valence-electron chi connectivity index (χ4n) is 3.79. The number of pyridine rings is 1. The summed E-state index contributed by atoms with van der Waals surface area (Å²) in [6.45, 7) is 4.80. The third-order valence-corrected chi connectivity index (χ3v) is 5.53. The number of hydrogen-bond donors (Lipinski definition) is 2. The third-order valence-electron chi connectivity index (χ3n) is 5.53. The van der Waals surface area contributed by atoms with Crippen LogP contribution in [0.2, 0.25) is 0 Å². The summed E-state index contributed by atoms with van der Waals surface area (Å²) in [6.07, 6.45) is 4.23. The quantitative estimate of drug-likeness (QED) is 0.449. The van der Waals surface area contributed by atoms with E-state index >= 15 is 0 Å². The summed E-state index contributed by atoms with van der Waals surface area (Å²) in [5, 5.41) is 7.96. The summed E-state index contributed by atoms with van der Waals surface area (Å²) in [5.41, 5.74) is 4.46. The lowest BCUT2D eigenvalue weighted by Gasteiger charge is -2.17. The van der Waals surface area contributed by atoms with Crippen LogP contribution in [0, 0.1) is 6.92 Å². The van der Waals surface area contributed by atoms with Crippen LogP contribution >= 0.6 is 0 Å². The van der Waals surface area contributed by atoms with Crippen molar-refractivity contribution in [2.75, 3.05) is 20.3 Å². The molecule has 1 atom stereocenters. The molecule has 1 unspecified atom stereocenters. The van der Waals surface area contributed by atoms with Crippen molar-refractivity contribution < 1.29 is 9.47 Å². The number of aromatic nitrogens is 1. The molecule has 1 aromatic heterocycles. The van der Waals surface area contributed by atoms with E-state index in [0.29, 0.717) is 19.7 Å². The van der Waals surface area contributed by atoms with Crippen LogP contribution in [0.1, 0.15) is 29.5 Å². The van der Waals surface area contributed by atoms with E-state index in [4.69, 9.17) is 9.47 Å². The number of aliphatic imine (C=N–C) groups is 1. The van der Waals surface area contributed by atoms with E-state index in [9.17, 15) is 0 Å². The van der Waals surface area contributed by atoms with Gasteiger partial charge in [-0.3, -0.25) is 9.98 Å². The van der Waals surface area contributed by atoms with Gasteiger partial charge in [0.2, 0.25) is 0 Å². The summed E-state index contributed by atoms with van der Waals surface area (Å²) in [6, 6.07) is 16.5. The van der Waals surface area contributed by atoms with Gasteiger partial charge in [-0.15, -0.1) is 0 Å². The van der Waals surface area contributed by atoms with Crippen LogP contribution in [-0.2, 0) is 17.8 Å². The lowest BCUT2D eigenvalue weighted by molar-refractivity contribution is 0.0676. The van der Waals surface area contributed by atoms with Crippen molar-refractivity contribution in [1.29, 1.82) is 0 Å². The zero-order valence-corrected chi connectivity index (χ0v) is 18.2. The van der Waals surface area contributed by atoms with Gasteiger partial charge in [0.1, 0.15) is 12.4 Å². The average Bonchev–Trinajstić information content (AvgIpc) is 3.32. The summed E-state index contributed by atoms with van der Waals surface area (Å²) < 4.78 is 11.8. The van der Waals surface area contributed by atoms with Gasteiger partial charge >= 0.3 is 0 Å². The molecule has 1 saturated heterocycles. The molecular weight excluding hydrogens is 388 g/mol. The largest absolute Gasteiger partial charge is 0.491 e. The summed E-state index contributed by atoms with van der Waals surface area (Å²) in [5.74, 6) is 1.64. The Labute approximate surface area is 183 Å². The molecule has 0 aliphatic carbocycles. The Hall–Kier alpha value is -3.12. The lowest BCUT2D eigenvalue weighted by Crippen LogP contribution is -2.36. The van der Waals surface area contributed by atoms with Crippen molar-refractivity contribution in [3.05, 3.63) is 71.4 Å². The SMILES string of the molecule is CN=C(NCc1ccc(C)cc1OCC1CCCO1)NCc1ccnc2ccccc12. The molecule has 0 spiro atoms. The predicted octanol–water partition coefficient (Wildman–Crippen LogP) is 3.97. The number of rotatable bonds is 7. The Bertz CT molecular complexity index is 1040. The van der Waals surface area contributed by atoms with Crippen LogP contribution in [0.5, 0.6) is 5.75 Å². The summed E-state index contributed by atoms with van der Waals surface area (Å²) in [4.78, 5) is 8.80. The van der Waals surface area contributed by atoms with E-state index in [1.165, 1.54) is 11.1 Å². The number of nitrogens with one attached hydrogen (secondary N) is 2. The number of para-hydroxylation sites is 1. The highest BCUT2D eigenvalue weighted by Crippen LogP contribution is 2.22. The van der Waals surface area contributed by atoms with Crippen molar-refractivity contribution in [2.24, 2.45) is 4.99 Å². The van der Waals surface area contributed by atoms with Crippen LogP contribution in [0.3, 0.4) is 0 Å². The predicted molar refractivity (Wildman–Crippen MR) is 124 cm³/mol. The first-order chi connectivity index (χ1) is 15.2. The molecule has 162 valence electrons. The summed E-state index contributed by atoms with van der Waals surface area (Å²) >= 11 is 0. The van der Waals surface area contributed by atoms with E-state index in [-0.39, 0.29) is 6.10 Å². The van der Waals surface area contributed by atoms with Gasteiger partial charge in [0, 0.05) is 43.9 Å². The first kappa shape index (κ1) is 21.1. The van der Waals surface area contributed by atoms with E-state index in [2.05, 4.69) is 51.8 Å². The van der Waals surface area contributed by atoms with Crippen LogP contribution in [0.25, 0.3) is 10.9 Å². The highest BCUT2D eigenvalue weighted by atomic mass is 16.5. The van der Waals surface area contributed by atoms with Crippen LogP contribution < -0.4 is 15.4 Å². The van der Waals surface area contributed by atoms with Gasteiger partial charge in [0.15, 0.2) is 5.96 Å². The Kier molecular flexibility index (Phi) is 6.99. The standard InChI is InChI=1S/C25H30N4O2/c1-18-9-10-20(24(14-18)31-17-21-6-5-13-30-21)16-29-25(26-2)28-15-19-11-12-27-23-8-4-3-7-22(19)23/h3-4,7-12,14,21H,5-6,13,15-17H2,1-2H3,(H2,26,28,29). The fraction of sp³-hybridized carbons (Fsp3) is 0.360. The highest BCUT2D eigenvalue weighted by Gasteiger charge is 2.17. The van der Waals surface area contributed by atoms with Crippen molar-refractivity contribution >= 4 is 16.9 Å². The van der Waals surface area contributed by atoms with Gasteiger partial charge in [0.05, 0.1) is 11.6 Å².